The van der Waals surface area contributed by atoms with Crippen molar-refractivity contribution in [2.45, 2.75) is 148 Å². The zero-order valence-electron chi connectivity index (χ0n) is 30.8. The number of rotatable bonds is 19. The lowest BCUT2D eigenvalue weighted by Gasteiger charge is -2.43. The van der Waals surface area contributed by atoms with Gasteiger partial charge < -0.3 is 24.8 Å². The first-order valence-electron chi connectivity index (χ1n) is 19.4. The molecule has 2 heterocycles. The number of amides is 2. The molecule has 282 valence electrons. The SMILES string of the molecule is CCC(C)C(=O)OC1CC(C)C=C2C=CC(C)C(CCC3CC(OC(=O)NCCCCCCNC(=O)CCCCC4CCSS4)CC(=O)O3)C21. The Bertz CT molecular complexity index is 1170. The van der Waals surface area contributed by atoms with Gasteiger partial charge >= 0.3 is 18.0 Å². The molecule has 0 bridgehead atoms. The van der Waals surface area contributed by atoms with E-state index in [0.29, 0.717) is 44.2 Å². The Morgan fingerprint density at radius 2 is 1.76 bits per heavy atom. The van der Waals surface area contributed by atoms with Crippen LogP contribution in [-0.4, -0.2) is 66.3 Å². The Kier molecular flexibility index (Phi) is 17.4. The van der Waals surface area contributed by atoms with Crippen molar-refractivity contribution in [2.24, 2.45) is 29.6 Å². The number of carbonyl (C=O) groups excluding carboxylic acids is 4. The fourth-order valence-corrected chi connectivity index (χ4v) is 10.7. The highest BCUT2D eigenvalue weighted by Gasteiger charge is 2.42. The molecule has 9 nitrogen and oxygen atoms in total. The molecular formula is C39H62N2O7S2. The van der Waals surface area contributed by atoms with Crippen molar-refractivity contribution in [1.29, 1.82) is 0 Å². The first-order chi connectivity index (χ1) is 24.1. The van der Waals surface area contributed by atoms with Gasteiger partial charge in [0.25, 0.3) is 0 Å². The van der Waals surface area contributed by atoms with E-state index in [1.165, 1.54) is 24.2 Å². The highest BCUT2D eigenvalue weighted by atomic mass is 33.1. The Morgan fingerprint density at radius 3 is 2.50 bits per heavy atom. The molecule has 0 spiro atoms. The number of fused-ring (bicyclic) bond motifs is 1. The van der Waals surface area contributed by atoms with Crippen molar-refractivity contribution in [2.75, 3.05) is 18.8 Å². The summed E-state index contributed by atoms with van der Waals surface area (Å²) in [5.74, 6) is 1.83. The Labute approximate surface area is 308 Å². The molecular weight excluding hydrogens is 673 g/mol. The van der Waals surface area contributed by atoms with Gasteiger partial charge in [-0.15, -0.1) is 0 Å². The minimum absolute atomic E-state index is 0.0675. The van der Waals surface area contributed by atoms with E-state index in [9.17, 15) is 19.2 Å². The molecule has 0 aromatic heterocycles. The Balaban J connectivity index is 1.10. The summed E-state index contributed by atoms with van der Waals surface area (Å²) in [5, 5.41) is 6.64. The monoisotopic (exact) mass is 734 g/mol. The van der Waals surface area contributed by atoms with Gasteiger partial charge in [-0.1, -0.05) is 86.8 Å². The van der Waals surface area contributed by atoms with E-state index in [1.54, 1.807) is 0 Å². The quantitative estimate of drug-likeness (QED) is 0.0584. The molecule has 2 fully saturated rings. The largest absolute Gasteiger partial charge is 0.462 e. The first kappa shape index (κ1) is 40.6. The van der Waals surface area contributed by atoms with Crippen molar-refractivity contribution in [3.05, 3.63) is 23.8 Å². The minimum Gasteiger partial charge on any atom is -0.462 e. The van der Waals surface area contributed by atoms with Crippen LogP contribution in [0.2, 0.25) is 0 Å². The third-order valence-electron chi connectivity index (χ3n) is 10.8. The molecule has 9 unspecified atom stereocenters. The molecule has 2 saturated heterocycles. The number of unbranched alkanes of at least 4 members (excludes halogenated alkanes) is 4. The lowest BCUT2D eigenvalue weighted by Crippen LogP contribution is -2.42. The second-order valence-corrected chi connectivity index (χ2v) is 17.8. The minimum atomic E-state index is -0.510. The average Bonchev–Trinajstić information content (AvgIpc) is 3.60. The van der Waals surface area contributed by atoms with Crippen LogP contribution in [-0.2, 0) is 28.6 Å². The molecule has 2 amide bonds. The number of allylic oxidation sites excluding steroid dienone is 3. The van der Waals surface area contributed by atoms with E-state index in [4.69, 9.17) is 14.2 Å². The van der Waals surface area contributed by atoms with Gasteiger partial charge in [0.05, 0.1) is 12.3 Å². The number of carbonyl (C=O) groups is 4. The zero-order chi connectivity index (χ0) is 35.9. The molecule has 50 heavy (non-hydrogen) atoms. The van der Waals surface area contributed by atoms with E-state index in [0.717, 1.165) is 63.0 Å². The van der Waals surface area contributed by atoms with Crippen LogP contribution in [0.3, 0.4) is 0 Å². The van der Waals surface area contributed by atoms with E-state index in [-0.39, 0.29) is 54.2 Å². The fourth-order valence-electron chi connectivity index (χ4n) is 7.67. The van der Waals surface area contributed by atoms with Crippen LogP contribution < -0.4 is 10.6 Å². The van der Waals surface area contributed by atoms with Gasteiger partial charge in [-0.2, -0.15) is 0 Å². The van der Waals surface area contributed by atoms with Gasteiger partial charge in [-0.25, -0.2) is 4.79 Å². The van der Waals surface area contributed by atoms with Crippen LogP contribution in [0.5, 0.6) is 0 Å². The lowest BCUT2D eigenvalue weighted by atomic mass is 9.65. The number of cyclic esters (lactones) is 1. The summed E-state index contributed by atoms with van der Waals surface area (Å²) in [5.41, 5.74) is 1.24. The van der Waals surface area contributed by atoms with Crippen LogP contribution in [0.4, 0.5) is 4.79 Å². The number of esters is 2. The maximum Gasteiger partial charge on any atom is 0.407 e. The van der Waals surface area contributed by atoms with Gasteiger partial charge in [-0.05, 0) is 81.1 Å². The second-order valence-electron chi connectivity index (χ2n) is 15.0. The number of nitrogens with one attached hydrogen (secondary N) is 2. The third-order valence-corrected chi connectivity index (χ3v) is 13.8. The normalized spacial score (nSPS) is 29.7. The molecule has 0 radical (unpaired) electrons. The van der Waals surface area contributed by atoms with Gasteiger partial charge in [0.15, 0.2) is 0 Å². The summed E-state index contributed by atoms with van der Waals surface area (Å²) in [7, 11) is 3.97. The first-order valence-corrected chi connectivity index (χ1v) is 21.8. The maximum atomic E-state index is 12.8. The molecule has 4 aliphatic rings. The summed E-state index contributed by atoms with van der Waals surface area (Å²) in [6, 6.07) is 0. The topological polar surface area (TPSA) is 120 Å². The standard InChI is InChI=1S/C39H62N2O7S2/c1-5-27(3)38(44)48-34-23-26(2)22-29-15-14-28(4)33(37(29)34)17-16-30-24-31(25-36(43)46-30)47-39(45)41-20-11-7-6-10-19-40-35(42)13-9-8-12-32-18-21-49-50-32/h14-15,22,26-28,30-34,37H,5-13,16-21,23-25H2,1-4H3,(H,40,42)(H,41,45). The summed E-state index contributed by atoms with van der Waals surface area (Å²) >= 11 is 0. The summed E-state index contributed by atoms with van der Waals surface area (Å²) in [6.45, 7) is 9.52. The van der Waals surface area contributed by atoms with Crippen LogP contribution in [0.25, 0.3) is 0 Å². The molecule has 2 aliphatic heterocycles. The van der Waals surface area contributed by atoms with Crippen molar-refractivity contribution in [3.8, 4) is 0 Å². The van der Waals surface area contributed by atoms with Crippen molar-refractivity contribution >= 4 is 45.5 Å². The summed E-state index contributed by atoms with van der Waals surface area (Å²) in [6.07, 6.45) is 17.8. The van der Waals surface area contributed by atoms with E-state index < -0.39 is 12.2 Å². The molecule has 0 aromatic rings. The zero-order valence-corrected chi connectivity index (χ0v) is 32.5. The molecule has 9 atom stereocenters. The lowest BCUT2D eigenvalue weighted by molar-refractivity contribution is -0.162. The third kappa shape index (κ3) is 13.4. The number of hydrogen-bond acceptors (Lipinski definition) is 9. The van der Waals surface area contributed by atoms with Crippen LogP contribution >= 0.6 is 21.6 Å². The van der Waals surface area contributed by atoms with Gasteiger partial charge in [-0.3, -0.25) is 14.4 Å². The Hall–Kier alpha value is -2.14. The molecule has 0 saturated carbocycles. The number of ether oxygens (including phenoxy) is 3. The van der Waals surface area contributed by atoms with Crippen LogP contribution in [0.15, 0.2) is 23.8 Å². The van der Waals surface area contributed by atoms with Gasteiger partial charge in [0, 0.05) is 42.9 Å². The van der Waals surface area contributed by atoms with Crippen molar-refractivity contribution in [3.63, 3.8) is 0 Å². The van der Waals surface area contributed by atoms with Crippen molar-refractivity contribution in [1.82, 2.24) is 10.6 Å². The molecule has 11 heteroatoms. The average molecular weight is 735 g/mol. The van der Waals surface area contributed by atoms with Crippen molar-refractivity contribution < 1.29 is 33.4 Å². The predicted octanol–water partition coefficient (Wildman–Crippen LogP) is 8.32. The van der Waals surface area contributed by atoms with Crippen LogP contribution in [0, 0.1) is 29.6 Å². The second kappa shape index (κ2) is 21.4. The van der Waals surface area contributed by atoms with E-state index in [2.05, 4.69) is 42.7 Å². The highest BCUT2D eigenvalue weighted by Crippen LogP contribution is 2.45. The molecule has 0 aromatic carbocycles. The van der Waals surface area contributed by atoms with Gasteiger partial charge in [0.2, 0.25) is 5.91 Å². The van der Waals surface area contributed by atoms with E-state index in [1.807, 2.05) is 35.4 Å². The Morgan fingerprint density at radius 1 is 0.980 bits per heavy atom. The van der Waals surface area contributed by atoms with Crippen LogP contribution in [0.1, 0.15) is 124 Å². The predicted molar refractivity (Wildman–Crippen MR) is 202 cm³/mol. The summed E-state index contributed by atoms with van der Waals surface area (Å²) < 4.78 is 17.5. The van der Waals surface area contributed by atoms with Gasteiger partial charge in [0.1, 0.15) is 18.3 Å². The molecule has 4 rings (SSSR count). The molecule has 2 aliphatic carbocycles. The highest BCUT2D eigenvalue weighted by molar-refractivity contribution is 8.77. The van der Waals surface area contributed by atoms with E-state index >= 15 is 0 Å². The smallest absolute Gasteiger partial charge is 0.407 e. The number of alkyl carbamates (subject to hydrolysis) is 1. The maximum absolute atomic E-state index is 12.8. The fraction of sp³-hybridized carbons (Fsp3) is 0.795. The molecule has 2 N–H and O–H groups in total. The summed E-state index contributed by atoms with van der Waals surface area (Å²) in [4.78, 5) is 50.0. The number of hydrogen-bond donors (Lipinski definition) is 2.